The number of nitrogens with two attached hydrogens (primary N) is 1. The molecule has 1 aromatic carbocycles. The highest BCUT2D eigenvalue weighted by Crippen LogP contribution is 2.21. The zero-order valence-electron chi connectivity index (χ0n) is 11.1. The molecule has 0 bridgehead atoms. The molecule has 0 aromatic heterocycles. The molecule has 1 aliphatic rings. The van der Waals surface area contributed by atoms with E-state index in [1.807, 2.05) is 6.07 Å². The summed E-state index contributed by atoms with van der Waals surface area (Å²) < 4.78 is 0. The van der Waals surface area contributed by atoms with Gasteiger partial charge in [0.25, 0.3) is 0 Å². The molecule has 0 amide bonds. The Morgan fingerprint density at radius 1 is 1.33 bits per heavy atom. The van der Waals surface area contributed by atoms with E-state index in [1.54, 1.807) is 12.1 Å². The molecule has 2 rings (SSSR count). The number of nitrogens with zero attached hydrogens (tertiary/aromatic N) is 2. The van der Waals surface area contributed by atoms with Gasteiger partial charge in [0.05, 0.1) is 0 Å². The lowest BCUT2D eigenvalue weighted by molar-refractivity contribution is 0.250. The third-order valence-electron chi connectivity index (χ3n) is 3.54. The lowest BCUT2D eigenvalue weighted by atomic mass is 10.1. The first-order valence-electron chi connectivity index (χ1n) is 6.63. The Balaban J connectivity index is 1.82. The Hall–Kier alpha value is -1.26. The number of phenolic OH excluding ortho intramolecular Hbond substituents is 1. The maximum atomic E-state index is 9.77. The van der Waals surface area contributed by atoms with Crippen molar-refractivity contribution in [2.24, 2.45) is 0 Å². The molecule has 1 aliphatic heterocycles. The Kier molecular flexibility index (Phi) is 4.44. The first-order chi connectivity index (χ1) is 8.65. The van der Waals surface area contributed by atoms with Crippen LogP contribution in [0.3, 0.4) is 0 Å². The van der Waals surface area contributed by atoms with Crippen LogP contribution in [0.2, 0.25) is 0 Å². The molecule has 4 nitrogen and oxygen atoms in total. The molecule has 0 saturated carbocycles. The second-order valence-corrected chi connectivity index (χ2v) is 5.17. The Bertz CT molecular complexity index is 389. The van der Waals surface area contributed by atoms with Crippen LogP contribution in [-0.2, 0) is 6.54 Å². The third kappa shape index (κ3) is 3.62. The second-order valence-electron chi connectivity index (χ2n) is 5.17. The number of anilines is 1. The molecule has 0 spiro atoms. The number of hydrogen-bond donors (Lipinski definition) is 2. The molecular weight excluding hydrogens is 226 g/mol. The van der Waals surface area contributed by atoms with Gasteiger partial charge in [-0.1, -0.05) is 0 Å². The van der Waals surface area contributed by atoms with Gasteiger partial charge in [-0.05, 0) is 51.2 Å². The van der Waals surface area contributed by atoms with E-state index in [-0.39, 0.29) is 0 Å². The molecular formula is C14H23N3O. The van der Waals surface area contributed by atoms with Gasteiger partial charge in [-0.15, -0.1) is 0 Å². The maximum absolute atomic E-state index is 9.77. The van der Waals surface area contributed by atoms with Crippen molar-refractivity contribution in [1.82, 2.24) is 9.80 Å². The molecule has 0 radical (unpaired) electrons. The molecule has 3 N–H and O–H groups in total. The summed E-state index contributed by atoms with van der Waals surface area (Å²) in [4.78, 5) is 4.72. The number of likely N-dealkylation sites (tertiary alicyclic amines) is 1. The van der Waals surface area contributed by atoms with Crippen LogP contribution in [0.4, 0.5) is 5.69 Å². The first kappa shape index (κ1) is 13.2. The van der Waals surface area contributed by atoms with Crippen LogP contribution in [0, 0.1) is 0 Å². The van der Waals surface area contributed by atoms with Crippen molar-refractivity contribution in [3.63, 3.8) is 0 Å². The highest BCUT2D eigenvalue weighted by molar-refractivity contribution is 5.47. The predicted molar refractivity (Wildman–Crippen MR) is 74.5 cm³/mol. The second kappa shape index (κ2) is 6.07. The average Bonchev–Trinajstić information content (AvgIpc) is 2.84. The SMILES string of the molecule is CN(CCN1CCCC1)Cc1cc(N)ccc1O. The number of phenols is 1. The molecule has 1 saturated heterocycles. The standard InChI is InChI=1S/C14H23N3O/c1-16(8-9-17-6-2-3-7-17)11-12-10-13(15)4-5-14(12)18/h4-5,10,18H,2-3,6-9,11,15H2,1H3. The zero-order chi connectivity index (χ0) is 13.0. The first-order valence-corrected chi connectivity index (χ1v) is 6.63. The van der Waals surface area contributed by atoms with E-state index in [9.17, 15) is 5.11 Å². The van der Waals surface area contributed by atoms with Crippen molar-refractivity contribution in [3.05, 3.63) is 23.8 Å². The molecule has 1 heterocycles. The quantitative estimate of drug-likeness (QED) is 0.613. The largest absolute Gasteiger partial charge is 0.508 e. The van der Waals surface area contributed by atoms with E-state index < -0.39 is 0 Å². The van der Waals surface area contributed by atoms with Crippen LogP contribution in [0.5, 0.6) is 5.75 Å². The number of aromatic hydroxyl groups is 1. The van der Waals surface area contributed by atoms with Crippen LogP contribution < -0.4 is 5.73 Å². The van der Waals surface area contributed by atoms with Crippen molar-refractivity contribution >= 4 is 5.69 Å². The lowest BCUT2D eigenvalue weighted by Gasteiger charge is -2.21. The fourth-order valence-electron chi connectivity index (χ4n) is 2.42. The van der Waals surface area contributed by atoms with Crippen LogP contribution in [0.25, 0.3) is 0 Å². The number of benzene rings is 1. The van der Waals surface area contributed by atoms with Crippen LogP contribution in [0.1, 0.15) is 18.4 Å². The fourth-order valence-corrected chi connectivity index (χ4v) is 2.42. The normalized spacial score (nSPS) is 16.6. The van der Waals surface area contributed by atoms with E-state index in [4.69, 9.17) is 5.73 Å². The minimum absolute atomic E-state index is 0.331. The van der Waals surface area contributed by atoms with Gasteiger partial charge in [-0.3, -0.25) is 0 Å². The maximum Gasteiger partial charge on any atom is 0.120 e. The van der Waals surface area contributed by atoms with Crippen molar-refractivity contribution in [3.8, 4) is 5.75 Å². The summed E-state index contributed by atoms with van der Waals surface area (Å²) in [5.74, 6) is 0.331. The highest BCUT2D eigenvalue weighted by atomic mass is 16.3. The summed E-state index contributed by atoms with van der Waals surface area (Å²) in [5, 5.41) is 9.77. The smallest absolute Gasteiger partial charge is 0.120 e. The van der Waals surface area contributed by atoms with E-state index in [0.717, 1.165) is 25.2 Å². The van der Waals surface area contributed by atoms with Crippen molar-refractivity contribution < 1.29 is 5.11 Å². The van der Waals surface area contributed by atoms with Crippen molar-refractivity contribution in [1.29, 1.82) is 0 Å². The van der Waals surface area contributed by atoms with Crippen LogP contribution in [-0.4, -0.2) is 48.1 Å². The summed E-state index contributed by atoms with van der Waals surface area (Å²) in [7, 11) is 2.08. The summed E-state index contributed by atoms with van der Waals surface area (Å²) >= 11 is 0. The number of rotatable bonds is 5. The van der Waals surface area contributed by atoms with Gasteiger partial charge in [-0.25, -0.2) is 0 Å². The van der Waals surface area contributed by atoms with Gasteiger partial charge < -0.3 is 20.6 Å². The fraction of sp³-hybridized carbons (Fsp3) is 0.571. The molecule has 0 unspecified atom stereocenters. The molecule has 100 valence electrons. The summed E-state index contributed by atoms with van der Waals surface area (Å²) in [6.45, 7) is 5.34. The van der Waals surface area contributed by atoms with E-state index in [0.29, 0.717) is 11.4 Å². The molecule has 4 heteroatoms. The van der Waals surface area contributed by atoms with Gasteiger partial charge in [0.2, 0.25) is 0 Å². The predicted octanol–water partition coefficient (Wildman–Crippen LogP) is 1.50. The van der Waals surface area contributed by atoms with E-state index in [2.05, 4.69) is 16.8 Å². The third-order valence-corrected chi connectivity index (χ3v) is 3.54. The molecule has 0 atom stereocenters. The summed E-state index contributed by atoms with van der Waals surface area (Å²) in [5.41, 5.74) is 7.35. The molecule has 18 heavy (non-hydrogen) atoms. The number of hydrogen-bond acceptors (Lipinski definition) is 4. The van der Waals surface area contributed by atoms with Gasteiger partial charge >= 0.3 is 0 Å². The van der Waals surface area contributed by atoms with Crippen molar-refractivity contribution in [2.45, 2.75) is 19.4 Å². The van der Waals surface area contributed by atoms with E-state index in [1.165, 1.54) is 25.9 Å². The zero-order valence-corrected chi connectivity index (χ0v) is 11.1. The van der Waals surface area contributed by atoms with E-state index >= 15 is 0 Å². The average molecular weight is 249 g/mol. The van der Waals surface area contributed by atoms with Crippen LogP contribution >= 0.6 is 0 Å². The Labute approximate surface area is 109 Å². The topological polar surface area (TPSA) is 52.7 Å². The monoisotopic (exact) mass is 249 g/mol. The van der Waals surface area contributed by atoms with Gasteiger partial charge in [-0.2, -0.15) is 0 Å². The molecule has 1 fully saturated rings. The summed E-state index contributed by atoms with van der Waals surface area (Å²) in [6, 6.07) is 5.24. The molecule has 0 aliphatic carbocycles. The Morgan fingerprint density at radius 3 is 2.78 bits per heavy atom. The summed E-state index contributed by atoms with van der Waals surface area (Å²) in [6.07, 6.45) is 2.67. The van der Waals surface area contributed by atoms with Gasteiger partial charge in [0.1, 0.15) is 5.75 Å². The minimum Gasteiger partial charge on any atom is -0.508 e. The lowest BCUT2D eigenvalue weighted by Crippen LogP contribution is -2.31. The number of likely N-dealkylation sites (N-methyl/N-ethyl adjacent to an activating group) is 1. The molecule has 1 aromatic rings. The van der Waals surface area contributed by atoms with Crippen molar-refractivity contribution in [2.75, 3.05) is 39.0 Å². The highest BCUT2D eigenvalue weighted by Gasteiger charge is 2.12. The van der Waals surface area contributed by atoms with Crippen LogP contribution in [0.15, 0.2) is 18.2 Å². The minimum atomic E-state index is 0.331. The Morgan fingerprint density at radius 2 is 2.06 bits per heavy atom. The number of nitrogen functional groups attached to an aromatic ring is 1. The van der Waals surface area contributed by atoms with Gasteiger partial charge in [0, 0.05) is 30.9 Å². The van der Waals surface area contributed by atoms with Gasteiger partial charge in [0.15, 0.2) is 0 Å².